The number of hydrogen-bond donors (Lipinski definition) is 0. The van der Waals surface area contributed by atoms with Gasteiger partial charge >= 0.3 is 0 Å². The van der Waals surface area contributed by atoms with E-state index in [0.717, 1.165) is 63.1 Å². The van der Waals surface area contributed by atoms with Crippen molar-refractivity contribution in [3.05, 3.63) is 65.2 Å². The van der Waals surface area contributed by atoms with E-state index in [1.54, 1.807) is 0 Å². The number of hydrogen-bond acceptors (Lipinski definition) is 3. The average Bonchev–Trinajstić information content (AvgIpc) is 2.62. The topological polar surface area (TPSA) is 15.7 Å². The van der Waals surface area contributed by atoms with Crippen LogP contribution >= 0.6 is 11.6 Å². The summed E-state index contributed by atoms with van der Waals surface area (Å²) in [5, 5.41) is 0.746. The maximum absolute atomic E-state index is 5.87. The Bertz CT molecular complexity index is 602. The van der Waals surface area contributed by atoms with E-state index in [9.17, 15) is 0 Å². The Morgan fingerprint density at radius 2 is 1.42 bits per heavy atom. The molecule has 0 unspecified atom stereocenters. The number of ether oxygens (including phenoxy) is 1. The van der Waals surface area contributed by atoms with Crippen molar-refractivity contribution < 1.29 is 29.6 Å². The molecule has 0 bridgehead atoms. The van der Waals surface area contributed by atoms with Crippen LogP contribution in [0.5, 0.6) is 5.75 Å². The quantitative estimate of drug-likeness (QED) is 0.484. The Labute approximate surface area is 174 Å². The summed E-state index contributed by atoms with van der Waals surface area (Å²) in [4.78, 5) is 5.07. The molecule has 0 saturated carbocycles. The molecule has 2 aromatic carbocycles. The normalized spacial score (nSPS) is 15.0. The van der Waals surface area contributed by atoms with Gasteiger partial charge in [0.2, 0.25) is 0 Å². The molecular formula is C20H25Cl3N2O-2. The predicted octanol–water partition coefficient (Wildman–Crippen LogP) is -2.07. The Kier molecular flexibility index (Phi) is 11.0. The molecule has 1 heterocycles. The molecule has 0 amide bonds. The van der Waals surface area contributed by atoms with Gasteiger partial charge in [-0.15, -0.1) is 0 Å². The summed E-state index contributed by atoms with van der Waals surface area (Å²) in [6.45, 7) is 7.51. The summed E-state index contributed by atoms with van der Waals surface area (Å²) in [6.07, 6.45) is 1.06. The van der Waals surface area contributed by atoms with Gasteiger partial charge in [-0.25, -0.2) is 0 Å². The summed E-state index contributed by atoms with van der Waals surface area (Å²) in [5.41, 5.74) is 1.40. The van der Waals surface area contributed by atoms with E-state index in [0.29, 0.717) is 0 Å². The van der Waals surface area contributed by atoms with Crippen LogP contribution in [0.3, 0.4) is 0 Å². The van der Waals surface area contributed by atoms with Gasteiger partial charge in [0.25, 0.3) is 0 Å². The second kappa shape index (κ2) is 12.4. The van der Waals surface area contributed by atoms with E-state index in [2.05, 4.69) is 40.1 Å². The van der Waals surface area contributed by atoms with Crippen LogP contribution in [-0.2, 0) is 6.54 Å². The first kappa shape index (κ1) is 23.1. The van der Waals surface area contributed by atoms with Crippen LogP contribution in [0.1, 0.15) is 12.0 Å². The first-order chi connectivity index (χ1) is 11.8. The van der Waals surface area contributed by atoms with Crippen LogP contribution in [0, 0.1) is 0 Å². The van der Waals surface area contributed by atoms with Crippen LogP contribution in [0.15, 0.2) is 54.6 Å². The van der Waals surface area contributed by atoms with Crippen LogP contribution in [0.25, 0.3) is 0 Å². The second-order valence-electron chi connectivity index (χ2n) is 6.26. The number of halogens is 3. The van der Waals surface area contributed by atoms with Gasteiger partial charge in [0.15, 0.2) is 0 Å². The zero-order valence-corrected chi connectivity index (χ0v) is 17.1. The molecule has 1 aliphatic heterocycles. The van der Waals surface area contributed by atoms with E-state index >= 15 is 0 Å². The fourth-order valence-corrected chi connectivity index (χ4v) is 3.15. The molecule has 0 radical (unpaired) electrons. The molecule has 1 saturated heterocycles. The number of rotatable bonds is 7. The maximum atomic E-state index is 5.87. The molecule has 3 nitrogen and oxygen atoms in total. The monoisotopic (exact) mass is 414 g/mol. The molecule has 0 spiro atoms. The maximum Gasteiger partial charge on any atom is 0.119 e. The molecule has 26 heavy (non-hydrogen) atoms. The number of benzene rings is 2. The highest BCUT2D eigenvalue weighted by Gasteiger charge is 2.16. The summed E-state index contributed by atoms with van der Waals surface area (Å²) in [7, 11) is 0. The van der Waals surface area contributed by atoms with E-state index in [-0.39, 0.29) is 24.8 Å². The Morgan fingerprint density at radius 3 is 2.08 bits per heavy atom. The van der Waals surface area contributed by atoms with Gasteiger partial charge < -0.3 is 34.5 Å². The minimum atomic E-state index is 0. The number of nitrogens with zero attached hydrogens (tertiary/aromatic N) is 2. The first-order valence-electron chi connectivity index (χ1n) is 8.66. The van der Waals surface area contributed by atoms with Gasteiger partial charge in [-0.3, -0.25) is 4.90 Å². The van der Waals surface area contributed by atoms with Crippen molar-refractivity contribution in [2.24, 2.45) is 0 Å². The van der Waals surface area contributed by atoms with Crippen LogP contribution in [0.4, 0.5) is 0 Å². The van der Waals surface area contributed by atoms with Gasteiger partial charge in [-0.2, -0.15) is 0 Å². The molecule has 0 aromatic heterocycles. The van der Waals surface area contributed by atoms with Crippen molar-refractivity contribution in [2.75, 3.05) is 39.3 Å². The lowest BCUT2D eigenvalue weighted by Crippen LogP contribution is -3.00. The van der Waals surface area contributed by atoms with Crippen molar-refractivity contribution in [2.45, 2.75) is 13.0 Å². The highest BCUT2D eigenvalue weighted by atomic mass is 35.5. The Hall–Kier alpha value is -0.970. The first-order valence-corrected chi connectivity index (χ1v) is 9.04. The minimum absolute atomic E-state index is 0. The van der Waals surface area contributed by atoms with Crippen molar-refractivity contribution in [1.82, 2.24) is 9.80 Å². The lowest BCUT2D eigenvalue weighted by atomic mass is 10.2. The standard InChI is InChI=1S/C20H25ClN2O.2ClH/c21-19-7-9-20(10-8-19)24-16-4-11-22-12-14-23(15-13-22)17-18-5-2-1-3-6-18;;/h1-3,5-10H,4,11-17H2;2*1H/p-2. The molecule has 0 atom stereocenters. The Balaban J connectivity index is 0.00000169. The molecule has 0 N–H and O–H groups in total. The smallest absolute Gasteiger partial charge is 0.119 e. The van der Waals surface area contributed by atoms with Crippen LogP contribution < -0.4 is 29.6 Å². The van der Waals surface area contributed by atoms with Gasteiger partial charge in [0.05, 0.1) is 6.61 Å². The van der Waals surface area contributed by atoms with E-state index in [1.807, 2.05) is 24.3 Å². The zero-order chi connectivity index (χ0) is 16.6. The van der Waals surface area contributed by atoms with Crippen LogP contribution in [0.2, 0.25) is 5.02 Å². The molecule has 3 rings (SSSR count). The van der Waals surface area contributed by atoms with Crippen molar-refractivity contribution in [3.8, 4) is 5.75 Å². The Morgan fingerprint density at radius 1 is 0.808 bits per heavy atom. The van der Waals surface area contributed by atoms with Gasteiger partial charge in [-0.05, 0) is 36.2 Å². The van der Waals surface area contributed by atoms with Crippen molar-refractivity contribution in [1.29, 1.82) is 0 Å². The molecule has 0 aliphatic carbocycles. The van der Waals surface area contributed by atoms with Gasteiger partial charge in [0, 0.05) is 44.3 Å². The van der Waals surface area contributed by atoms with Crippen molar-refractivity contribution in [3.63, 3.8) is 0 Å². The third-order valence-corrected chi connectivity index (χ3v) is 4.67. The third kappa shape index (κ3) is 7.73. The third-order valence-electron chi connectivity index (χ3n) is 4.41. The molecule has 1 fully saturated rings. The average molecular weight is 416 g/mol. The SMILES string of the molecule is Clc1ccc(OCCCN2CCN(Cc3ccccc3)CC2)cc1.[Cl-].[Cl-]. The fourth-order valence-electron chi connectivity index (χ4n) is 3.02. The zero-order valence-electron chi connectivity index (χ0n) is 14.8. The summed E-state index contributed by atoms with van der Waals surface area (Å²) in [6, 6.07) is 18.3. The van der Waals surface area contributed by atoms with E-state index in [1.165, 1.54) is 5.56 Å². The molecular weight excluding hydrogens is 391 g/mol. The molecule has 1 aliphatic rings. The molecule has 2 aromatic rings. The highest BCUT2D eigenvalue weighted by molar-refractivity contribution is 6.30. The largest absolute Gasteiger partial charge is 1.00 e. The lowest BCUT2D eigenvalue weighted by Gasteiger charge is -2.34. The fraction of sp³-hybridized carbons (Fsp3) is 0.400. The molecule has 144 valence electrons. The predicted molar refractivity (Wildman–Crippen MR) is 99.7 cm³/mol. The number of piperazine rings is 1. The van der Waals surface area contributed by atoms with E-state index < -0.39 is 0 Å². The van der Waals surface area contributed by atoms with Crippen molar-refractivity contribution >= 4 is 11.6 Å². The second-order valence-corrected chi connectivity index (χ2v) is 6.70. The summed E-state index contributed by atoms with van der Waals surface area (Å²) >= 11 is 5.87. The minimum Gasteiger partial charge on any atom is -1.00 e. The van der Waals surface area contributed by atoms with Crippen LogP contribution in [-0.4, -0.2) is 49.1 Å². The summed E-state index contributed by atoms with van der Waals surface area (Å²) in [5.74, 6) is 0.895. The van der Waals surface area contributed by atoms with Gasteiger partial charge in [-0.1, -0.05) is 41.9 Å². The van der Waals surface area contributed by atoms with Gasteiger partial charge in [0.1, 0.15) is 5.75 Å². The summed E-state index contributed by atoms with van der Waals surface area (Å²) < 4.78 is 5.76. The van der Waals surface area contributed by atoms with E-state index in [4.69, 9.17) is 16.3 Å². The highest BCUT2D eigenvalue weighted by Crippen LogP contribution is 2.15. The lowest BCUT2D eigenvalue weighted by molar-refractivity contribution is -0.001000. The molecule has 6 heteroatoms.